The second kappa shape index (κ2) is 7.81. The Kier molecular flexibility index (Phi) is 6.41. The van der Waals surface area contributed by atoms with Crippen molar-refractivity contribution in [3.63, 3.8) is 0 Å². The lowest BCUT2D eigenvalue weighted by Crippen LogP contribution is -2.22. The van der Waals surface area contributed by atoms with E-state index in [9.17, 15) is 10.1 Å². The van der Waals surface area contributed by atoms with Crippen LogP contribution in [0.5, 0.6) is 5.75 Å². The first-order valence-electron chi connectivity index (χ1n) is 6.60. The van der Waals surface area contributed by atoms with Crippen LogP contribution in [0.2, 0.25) is 0 Å². The number of rotatable bonds is 8. The number of ether oxygens (including phenoxy) is 2. The molecule has 0 aliphatic carbocycles. The molecule has 1 N–H and O–H groups in total. The molecule has 1 atom stereocenters. The Hall–Kier alpha value is -1.66. The van der Waals surface area contributed by atoms with E-state index in [4.69, 9.17) is 9.47 Å². The van der Waals surface area contributed by atoms with Crippen LogP contribution < -0.4 is 10.1 Å². The van der Waals surface area contributed by atoms with Crippen LogP contribution in [-0.4, -0.2) is 30.8 Å². The lowest BCUT2D eigenvalue weighted by Gasteiger charge is -2.15. The fourth-order valence-corrected chi connectivity index (χ4v) is 1.72. The molecule has 0 amide bonds. The summed E-state index contributed by atoms with van der Waals surface area (Å²) in [6, 6.07) is 5.27. The summed E-state index contributed by atoms with van der Waals surface area (Å²) in [5.74, 6) is 0.280. The lowest BCUT2D eigenvalue weighted by atomic mass is 10.1. The van der Waals surface area contributed by atoms with Crippen LogP contribution in [0, 0.1) is 10.1 Å². The van der Waals surface area contributed by atoms with Crippen LogP contribution in [0.4, 0.5) is 5.69 Å². The van der Waals surface area contributed by atoms with Crippen molar-refractivity contribution < 1.29 is 14.4 Å². The zero-order valence-corrected chi connectivity index (χ0v) is 12.4. The van der Waals surface area contributed by atoms with Crippen LogP contribution in [0.3, 0.4) is 0 Å². The molecule has 1 unspecified atom stereocenters. The molecule has 0 heterocycles. The molecule has 1 rings (SSSR count). The summed E-state index contributed by atoms with van der Waals surface area (Å²) in [5.41, 5.74) is 0.921. The molecule has 0 aliphatic heterocycles. The maximum atomic E-state index is 11.0. The molecule has 0 saturated heterocycles. The van der Waals surface area contributed by atoms with Gasteiger partial charge in [0, 0.05) is 25.8 Å². The van der Waals surface area contributed by atoms with Gasteiger partial charge in [0.2, 0.25) is 0 Å². The van der Waals surface area contributed by atoms with Gasteiger partial charge in [-0.25, -0.2) is 0 Å². The topological polar surface area (TPSA) is 73.6 Å². The summed E-state index contributed by atoms with van der Waals surface area (Å²) >= 11 is 0. The van der Waals surface area contributed by atoms with Crippen LogP contribution in [0.1, 0.15) is 26.3 Å². The molecule has 0 radical (unpaired) electrons. The van der Waals surface area contributed by atoms with E-state index < -0.39 is 4.92 Å². The van der Waals surface area contributed by atoms with Crippen molar-refractivity contribution in [2.75, 3.05) is 13.7 Å². The van der Waals surface area contributed by atoms with E-state index in [-0.39, 0.29) is 17.5 Å². The smallest absolute Gasteiger partial charge is 0.310 e. The number of hydrogen-bond donors (Lipinski definition) is 1. The van der Waals surface area contributed by atoms with Gasteiger partial charge >= 0.3 is 5.69 Å². The predicted molar refractivity (Wildman–Crippen MR) is 77.0 cm³/mol. The third-order valence-corrected chi connectivity index (χ3v) is 2.66. The zero-order chi connectivity index (χ0) is 15.1. The van der Waals surface area contributed by atoms with Gasteiger partial charge in [-0.15, -0.1) is 0 Å². The van der Waals surface area contributed by atoms with E-state index in [0.29, 0.717) is 19.2 Å². The van der Waals surface area contributed by atoms with Gasteiger partial charge in [-0.1, -0.05) is 19.9 Å². The number of benzene rings is 1. The van der Waals surface area contributed by atoms with Crippen LogP contribution >= 0.6 is 0 Å². The highest BCUT2D eigenvalue weighted by Gasteiger charge is 2.18. The molecule has 0 fully saturated rings. The summed E-state index contributed by atoms with van der Waals surface area (Å²) in [5, 5.41) is 14.3. The molecule has 0 aliphatic rings. The van der Waals surface area contributed by atoms with Crippen molar-refractivity contribution in [3.8, 4) is 5.75 Å². The van der Waals surface area contributed by atoms with Gasteiger partial charge in [-0.05, 0) is 18.6 Å². The third kappa shape index (κ3) is 5.14. The van der Waals surface area contributed by atoms with Gasteiger partial charge in [0.25, 0.3) is 0 Å². The normalized spacial score (nSPS) is 12.4. The minimum Gasteiger partial charge on any atom is -0.481 e. The van der Waals surface area contributed by atoms with Crippen molar-refractivity contribution in [1.29, 1.82) is 0 Å². The molecular formula is C14H22N2O4. The van der Waals surface area contributed by atoms with Crippen molar-refractivity contribution in [2.45, 2.75) is 39.5 Å². The SMILES string of the molecule is COCC(C)Oc1cc(CNC(C)C)ccc1[N+](=O)[O-]. The standard InChI is InChI=1S/C14H22N2O4/c1-10(2)15-8-12-5-6-13(16(17)18)14(7-12)20-11(3)9-19-4/h5-7,10-11,15H,8-9H2,1-4H3. The molecule has 1 aromatic rings. The highest BCUT2D eigenvalue weighted by Crippen LogP contribution is 2.29. The zero-order valence-electron chi connectivity index (χ0n) is 12.4. The van der Waals surface area contributed by atoms with E-state index in [0.717, 1.165) is 5.56 Å². The molecule has 0 saturated carbocycles. The highest BCUT2D eigenvalue weighted by molar-refractivity contribution is 5.48. The molecule has 0 aromatic heterocycles. The highest BCUT2D eigenvalue weighted by atomic mass is 16.6. The molecule has 112 valence electrons. The van der Waals surface area contributed by atoms with Gasteiger partial charge in [-0.2, -0.15) is 0 Å². The number of nitrogens with one attached hydrogen (secondary N) is 1. The molecule has 6 heteroatoms. The number of nitro groups is 1. The Balaban J connectivity index is 2.90. The molecule has 1 aromatic carbocycles. The minimum absolute atomic E-state index is 0.0266. The van der Waals surface area contributed by atoms with Gasteiger partial charge in [-0.3, -0.25) is 10.1 Å². The monoisotopic (exact) mass is 282 g/mol. The maximum Gasteiger partial charge on any atom is 0.310 e. The average Bonchev–Trinajstić information content (AvgIpc) is 2.36. The fraction of sp³-hybridized carbons (Fsp3) is 0.571. The fourth-order valence-electron chi connectivity index (χ4n) is 1.72. The summed E-state index contributed by atoms with van der Waals surface area (Å²) in [6.45, 7) is 6.93. The largest absolute Gasteiger partial charge is 0.481 e. The Labute approximate surface area is 119 Å². The number of nitro benzene ring substituents is 1. The van der Waals surface area contributed by atoms with Gasteiger partial charge in [0.15, 0.2) is 5.75 Å². The second-order valence-electron chi connectivity index (χ2n) is 4.98. The summed E-state index contributed by atoms with van der Waals surface area (Å²) in [4.78, 5) is 10.6. The van der Waals surface area contributed by atoms with E-state index >= 15 is 0 Å². The van der Waals surface area contributed by atoms with Crippen molar-refractivity contribution in [2.24, 2.45) is 0 Å². The minimum atomic E-state index is -0.436. The molecule has 0 spiro atoms. The first-order chi connectivity index (χ1) is 9.43. The quantitative estimate of drug-likeness (QED) is 0.586. The summed E-state index contributed by atoms with van der Waals surface area (Å²) < 4.78 is 10.6. The van der Waals surface area contributed by atoms with Gasteiger partial charge in [0.1, 0.15) is 6.10 Å². The Morgan fingerprint density at radius 2 is 2.05 bits per heavy atom. The van der Waals surface area contributed by atoms with E-state index in [1.807, 2.05) is 20.8 Å². The number of hydrogen-bond acceptors (Lipinski definition) is 5. The van der Waals surface area contributed by atoms with E-state index in [2.05, 4.69) is 5.32 Å². The third-order valence-electron chi connectivity index (χ3n) is 2.66. The van der Waals surface area contributed by atoms with Crippen molar-refractivity contribution >= 4 is 5.69 Å². The van der Waals surface area contributed by atoms with E-state index in [1.54, 1.807) is 19.2 Å². The van der Waals surface area contributed by atoms with Crippen LogP contribution in [0.25, 0.3) is 0 Å². The summed E-state index contributed by atoms with van der Waals surface area (Å²) in [6.07, 6.45) is -0.244. The Morgan fingerprint density at radius 1 is 1.35 bits per heavy atom. The first-order valence-corrected chi connectivity index (χ1v) is 6.60. The number of nitrogens with zero attached hydrogens (tertiary/aromatic N) is 1. The van der Waals surface area contributed by atoms with Crippen molar-refractivity contribution in [1.82, 2.24) is 5.32 Å². The number of methoxy groups -OCH3 is 1. The Bertz CT molecular complexity index is 449. The molecule has 0 bridgehead atoms. The lowest BCUT2D eigenvalue weighted by molar-refractivity contribution is -0.386. The first kappa shape index (κ1) is 16.4. The maximum absolute atomic E-state index is 11.0. The van der Waals surface area contributed by atoms with Crippen LogP contribution in [0.15, 0.2) is 18.2 Å². The van der Waals surface area contributed by atoms with Gasteiger partial charge < -0.3 is 14.8 Å². The average molecular weight is 282 g/mol. The molecular weight excluding hydrogens is 260 g/mol. The molecule has 20 heavy (non-hydrogen) atoms. The van der Waals surface area contributed by atoms with E-state index in [1.165, 1.54) is 6.07 Å². The molecule has 6 nitrogen and oxygen atoms in total. The van der Waals surface area contributed by atoms with Crippen molar-refractivity contribution in [3.05, 3.63) is 33.9 Å². The van der Waals surface area contributed by atoms with Crippen LogP contribution in [-0.2, 0) is 11.3 Å². The predicted octanol–water partition coefficient (Wildman–Crippen LogP) is 2.51. The summed E-state index contributed by atoms with van der Waals surface area (Å²) in [7, 11) is 1.57. The van der Waals surface area contributed by atoms with Gasteiger partial charge in [0.05, 0.1) is 11.5 Å². The second-order valence-corrected chi connectivity index (χ2v) is 4.98. The Morgan fingerprint density at radius 3 is 2.60 bits per heavy atom.